The van der Waals surface area contributed by atoms with Crippen molar-refractivity contribution in [2.75, 3.05) is 24.5 Å². The van der Waals surface area contributed by atoms with Crippen molar-refractivity contribution in [3.05, 3.63) is 88.4 Å². The van der Waals surface area contributed by atoms with Crippen molar-refractivity contribution in [1.29, 1.82) is 0 Å². The summed E-state index contributed by atoms with van der Waals surface area (Å²) in [6.07, 6.45) is 0.314. The Hall–Kier alpha value is -3.27. The molecule has 0 aliphatic heterocycles. The van der Waals surface area contributed by atoms with Crippen LogP contribution in [0, 0.1) is 0 Å². The normalized spacial score (nSPS) is 11.9. The molecule has 3 rings (SSSR count). The Labute approximate surface area is 239 Å². The van der Waals surface area contributed by atoms with Gasteiger partial charge in [-0.2, -0.15) is 0 Å². The van der Waals surface area contributed by atoms with Crippen molar-refractivity contribution in [1.82, 2.24) is 10.2 Å². The number of likely N-dealkylation sites (N-methyl/N-ethyl adjacent to an activating group) is 1. The van der Waals surface area contributed by atoms with Crippen molar-refractivity contribution >= 4 is 50.7 Å². The second kappa shape index (κ2) is 13.7. The van der Waals surface area contributed by atoms with E-state index in [1.807, 2.05) is 0 Å². The Morgan fingerprint density at radius 3 is 2.15 bits per heavy atom. The molecular weight excluding hydrogens is 561 g/mol. The molecule has 11 heteroatoms. The molecule has 8 nitrogen and oxygen atoms in total. The number of methoxy groups -OCH3 is 1. The fraction of sp³-hybridized carbons (Fsp3) is 0.286. The number of sulfonamides is 1. The van der Waals surface area contributed by atoms with Gasteiger partial charge in [0.2, 0.25) is 11.8 Å². The molecule has 0 aromatic heterocycles. The molecule has 208 valence electrons. The summed E-state index contributed by atoms with van der Waals surface area (Å²) in [7, 11) is -2.72. The Balaban J connectivity index is 2.06. The molecule has 0 saturated heterocycles. The molecule has 1 atom stereocenters. The SMILES string of the molecule is CCNC(=O)[C@@H](CC)N(Cc1ccccc1Cl)C(=O)CN(c1ccc(Cl)cc1)S(=O)(=O)c1ccc(OC)cc1. The number of halogens is 2. The molecule has 0 spiro atoms. The van der Waals surface area contributed by atoms with Crippen molar-refractivity contribution < 1.29 is 22.7 Å². The zero-order valence-electron chi connectivity index (χ0n) is 21.9. The van der Waals surface area contributed by atoms with Gasteiger partial charge in [-0.3, -0.25) is 13.9 Å². The molecule has 0 unspecified atom stereocenters. The zero-order chi connectivity index (χ0) is 28.6. The minimum absolute atomic E-state index is 0.0190. The van der Waals surface area contributed by atoms with E-state index in [-0.39, 0.29) is 23.0 Å². The molecule has 3 aromatic carbocycles. The van der Waals surface area contributed by atoms with E-state index in [9.17, 15) is 18.0 Å². The second-order valence-electron chi connectivity index (χ2n) is 8.60. The lowest BCUT2D eigenvalue weighted by molar-refractivity contribution is -0.140. The molecule has 2 amide bonds. The minimum Gasteiger partial charge on any atom is -0.497 e. The Morgan fingerprint density at radius 2 is 1.59 bits per heavy atom. The fourth-order valence-corrected chi connectivity index (χ4v) is 5.77. The summed E-state index contributed by atoms with van der Waals surface area (Å²) >= 11 is 12.4. The first-order valence-corrected chi connectivity index (χ1v) is 14.5. The number of ether oxygens (including phenoxy) is 1. The van der Waals surface area contributed by atoms with Crippen LogP contribution >= 0.6 is 23.2 Å². The quantitative estimate of drug-likeness (QED) is 0.314. The average molecular weight is 593 g/mol. The summed E-state index contributed by atoms with van der Waals surface area (Å²) in [6, 6.07) is 18.2. The lowest BCUT2D eigenvalue weighted by Crippen LogP contribution is -2.52. The van der Waals surface area contributed by atoms with Crippen molar-refractivity contribution in [3.8, 4) is 5.75 Å². The summed E-state index contributed by atoms with van der Waals surface area (Å²) in [5.41, 5.74) is 0.874. The van der Waals surface area contributed by atoms with Gasteiger partial charge < -0.3 is 15.0 Å². The number of nitrogens with one attached hydrogen (secondary N) is 1. The highest BCUT2D eigenvalue weighted by molar-refractivity contribution is 7.92. The fourth-order valence-electron chi connectivity index (χ4n) is 4.03. The van der Waals surface area contributed by atoms with E-state index in [1.54, 1.807) is 50.2 Å². The highest BCUT2D eigenvalue weighted by Crippen LogP contribution is 2.27. The third kappa shape index (κ3) is 7.44. The first-order chi connectivity index (χ1) is 18.6. The van der Waals surface area contributed by atoms with E-state index < -0.39 is 28.5 Å². The third-order valence-corrected chi connectivity index (χ3v) is 8.49. The van der Waals surface area contributed by atoms with Gasteiger partial charge in [0.05, 0.1) is 17.7 Å². The van der Waals surface area contributed by atoms with Crippen LogP contribution in [0.15, 0.2) is 77.7 Å². The van der Waals surface area contributed by atoms with Gasteiger partial charge >= 0.3 is 0 Å². The van der Waals surface area contributed by atoms with Gasteiger partial charge in [-0.05, 0) is 73.5 Å². The molecule has 0 fully saturated rings. The van der Waals surface area contributed by atoms with Gasteiger partial charge in [-0.15, -0.1) is 0 Å². The van der Waals surface area contributed by atoms with Crippen molar-refractivity contribution in [2.45, 2.75) is 37.8 Å². The maximum absolute atomic E-state index is 13.9. The number of rotatable bonds is 12. The maximum Gasteiger partial charge on any atom is 0.264 e. The Morgan fingerprint density at radius 1 is 0.949 bits per heavy atom. The highest BCUT2D eigenvalue weighted by atomic mass is 35.5. The smallest absolute Gasteiger partial charge is 0.264 e. The van der Waals surface area contributed by atoms with Crippen LogP contribution in [0.2, 0.25) is 10.0 Å². The summed E-state index contributed by atoms with van der Waals surface area (Å²) < 4.78 is 33.9. The van der Waals surface area contributed by atoms with Gasteiger partial charge in [0, 0.05) is 23.1 Å². The van der Waals surface area contributed by atoms with Crippen molar-refractivity contribution in [3.63, 3.8) is 0 Å². The molecule has 0 radical (unpaired) electrons. The van der Waals surface area contributed by atoms with Crippen LogP contribution in [-0.4, -0.2) is 51.4 Å². The number of anilines is 1. The number of hydrogen-bond acceptors (Lipinski definition) is 5. The molecule has 3 aromatic rings. The van der Waals surface area contributed by atoms with E-state index >= 15 is 0 Å². The Kier molecular flexibility index (Phi) is 10.6. The molecular formula is C28H31Cl2N3O5S. The zero-order valence-corrected chi connectivity index (χ0v) is 24.3. The number of carbonyl (C=O) groups excluding carboxylic acids is 2. The molecule has 0 saturated carbocycles. The van der Waals surface area contributed by atoms with Crippen LogP contribution < -0.4 is 14.4 Å². The number of hydrogen-bond donors (Lipinski definition) is 1. The van der Waals surface area contributed by atoms with Crippen LogP contribution in [0.3, 0.4) is 0 Å². The first kappa shape index (κ1) is 30.3. The second-order valence-corrected chi connectivity index (χ2v) is 11.3. The standard InChI is InChI=1S/C28H31Cl2N3O5S/c1-4-26(28(35)31-5-2)32(18-20-8-6-7-9-25(20)30)27(34)19-33(22-12-10-21(29)11-13-22)39(36,37)24-16-14-23(38-3)15-17-24/h6-17,26H,4-5,18-19H2,1-3H3,(H,31,35)/t26-/m1/s1. The van der Waals surface area contributed by atoms with Crippen LogP contribution in [0.1, 0.15) is 25.8 Å². The Bertz CT molecular complexity index is 1380. The number of nitrogens with zero attached hydrogens (tertiary/aromatic N) is 2. The van der Waals surface area contributed by atoms with Gasteiger partial charge in [-0.25, -0.2) is 8.42 Å². The lowest BCUT2D eigenvalue weighted by Gasteiger charge is -2.33. The first-order valence-electron chi connectivity index (χ1n) is 12.3. The van der Waals surface area contributed by atoms with Crippen molar-refractivity contribution in [2.24, 2.45) is 0 Å². The summed E-state index contributed by atoms with van der Waals surface area (Å²) in [6.45, 7) is 3.42. The van der Waals surface area contributed by atoms with Gasteiger partial charge in [-0.1, -0.05) is 48.3 Å². The topological polar surface area (TPSA) is 96.0 Å². The van der Waals surface area contributed by atoms with Gasteiger partial charge in [0.25, 0.3) is 10.0 Å². The molecule has 0 bridgehead atoms. The molecule has 0 heterocycles. The van der Waals surface area contributed by atoms with Gasteiger partial charge in [0.15, 0.2) is 0 Å². The van der Waals surface area contributed by atoms with E-state index in [0.717, 1.165) is 4.31 Å². The van der Waals surface area contributed by atoms with E-state index in [4.69, 9.17) is 27.9 Å². The highest BCUT2D eigenvalue weighted by Gasteiger charge is 2.33. The predicted molar refractivity (Wildman–Crippen MR) is 154 cm³/mol. The van der Waals surface area contributed by atoms with Crippen LogP contribution in [0.4, 0.5) is 5.69 Å². The van der Waals surface area contributed by atoms with E-state index in [1.165, 1.54) is 48.4 Å². The molecule has 0 aliphatic rings. The number of carbonyl (C=O) groups is 2. The molecule has 0 aliphatic carbocycles. The minimum atomic E-state index is -4.20. The van der Waals surface area contributed by atoms with E-state index in [2.05, 4.69) is 5.32 Å². The number of amides is 2. The average Bonchev–Trinajstić information content (AvgIpc) is 2.93. The third-order valence-electron chi connectivity index (χ3n) is 6.08. The molecule has 39 heavy (non-hydrogen) atoms. The summed E-state index contributed by atoms with van der Waals surface area (Å²) in [4.78, 5) is 28.3. The monoisotopic (exact) mass is 591 g/mol. The maximum atomic E-state index is 13.9. The number of benzene rings is 3. The summed E-state index contributed by atoms with van der Waals surface area (Å²) in [5.74, 6) is -0.418. The predicted octanol–water partition coefficient (Wildman–Crippen LogP) is 5.14. The summed E-state index contributed by atoms with van der Waals surface area (Å²) in [5, 5.41) is 3.61. The van der Waals surface area contributed by atoms with E-state index in [0.29, 0.717) is 34.3 Å². The van der Waals surface area contributed by atoms with Crippen LogP contribution in [0.5, 0.6) is 5.75 Å². The van der Waals surface area contributed by atoms with Crippen LogP contribution in [0.25, 0.3) is 0 Å². The van der Waals surface area contributed by atoms with Crippen LogP contribution in [-0.2, 0) is 26.2 Å². The molecule has 1 N–H and O–H groups in total. The van der Waals surface area contributed by atoms with Gasteiger partial charge in [0.1, 0.15) is 18.3 Å². The lowest BCUT2D eigenvalue weighted by atomic mass is 10.1. The largest absolute Gasteiger partial charge is 0.497 e.